The van der Waals surface area contributed by atoms with Crippen LogP contribution in [-0.2, 0) is 0 Å². The van der Waals surface area contributed by atoms with Gasteiger partial charge in [0.05, 0.1) is 22.7 Å². The molecule has 6 aromatic rings. The molecule has 6 rings (SSSR count). The van der Waals surface area contributed by atoms with Gasteiger partial charge in [0.2, 0.25) is 5.88 Å². The van der Waals surface area contributed by atoms with Gasteiger partial charge in [0.15, 0.2) is 5.65 Å². The summed E-state index contributed by atoms with van der Waals surface area (Å²) in [6, 6.07) is 22.2. The van der Waals surface area contributed by atoms with Crippen LogP contribution in [0.5, 0.6) is 11.6 Å². The minimum atomic E-state index is -0.448. The maximum atomic E-state index is 14.8. The summed E-state index contributed by atoms with van der Waals surface area (Å²) >= 11 is 0. The molecule has 0 atom stereocenters. The van der Waals surface area contributed by atoms with Crippen molar-refractivity contribution in [2.75, 3.05) is 0 Å². The lowest BCUT2D eigenvalue weighted by Crippen LogP contribution is -1.99. The number of benzene rings is 3. The van der Waals surface area contributed by atoms with Crippen LogP contribution in [0.2, 0.25) is 0 Å². The summed E-state index contributed by atoms with van der Waals surface area (Å²) in [5, 5.41) is 10.6. The fourth-order valence-electron chi connectivity index (χ4n) is 4.37. The first-order valence-electron chi connectivity index (χ1n) is 11.4. The van der Waals surface area contributed by atoms with Crippen molar-refractivity contribution in [3.63, 3.8) is 0 Å². The van der Waals surface area contributed by atoms with E-state index in [0.717, 1.165) is 16.5 Å². The number of fused-ring (bicyclic) bond motifs is 2. The predicted octanol–water partition coefficient (Wildman–Crippen LogP) is 6.31. The van der Waals surface area contributed by atoms with Gasteiger partial charge in [-0.05, 0) is 54.4 Å². The molecule has 0 radical (unpaired) electrons. The molecule has 0 amide bonds. The number of halogens is 1. The third-order valence-electron chi connectivity index (χ3n) is 6.12. The Morgan fingerprint density at radius 1 is 1.03 bits per heavy atom. The van der Waals surface area contributed by atoms with Crippen molar-refractivity contribution in [2.24, 2.45) is 0 Å². The molecule has 0 spiro atoms. The molecular formula is C29H17FN4O3. The van der Waals surface area contributed by atoms with Crippen LogP contribution in [0.15, 0.2) is 94.5 Å². The third-order valence-corrected chi connectivity index (χ3v) is 6.12. The summed E-state index contributed by atoms with van der Waals surface area (Å²) in [7, 11) is 0. The van der Waals surface area contributed by atoms with Crippen molar-refractivity contribution in [1.29, 1.82) is 5.26 Å². The number of nitriles is 1. The molecule has 0 N–H and O–H groups in total. The normalized spacial score (nSPS) is 11.1. The molecule has 0 aliphatic carbocycles. The zero-order chi connectivity index (χ0) is 25.5. The highest BCUT2D eigenvalue weighted by Crippen LogP contribution is 2.38. The van der Waals surface area contributed by atoms with Gasteiger partial charge >= 0.3 is 5.63 Å². The molecule has 37 heavy (non-hydrogen) atoms. The third kappa shape index (κ3) is 3.89. The number of nitrogens with zero attached hydrogens (tertiary/aromatic N) is 4. The van der Waals surface area contributed by atoms with E-state index in [1.54, 1.807) is 53.2 Å². The molecule has 178 valence electrons. The summed E-state index contributed by atoms with van der Waals surface area (Å²) < 4.78 is 28.0. The molecule has 3 aromatic heterocycles. The van der Waals surface area contributed by atoms with Crippen molar-refractivity contribution < 1.29 is 13.5 Å². The van der Waals surface area contributed by atoms with Gasteiger partial charge in [-0.2, -0.15) is 5.26 Å². The number of aromatic nitrogens is 3. The lowest BCUT2D eigenvalue weighted by atomic mass is 10.0. The largest absolute Gasteiger partial charge is 0.438 e. The Hall–Kier alpha value is -5.29. The van der Waals surface area contributed by atoms with Crippen molar-refractivity contribution in [3.8, 4) is 34.5 Å². The first-order chi connectivity index (χ1) is 18.0. The van der Waals surface area contributed by atoms with Crippen molar-refractivity contribution >= 4 is 22.0 Å². The van der Waals surface area contributed by atoms with E-state index in [-0.39, 0.29) is 5.88 Å². The average Bonchev–Trinajstić information content (AvgIpc) is 3.29. The Balaban J connectivity index is 1.56. The van der Waals surface area contributed by atoms with Gasteiger partial charge in [-0.3, -0.25) is 4.57 Å². The van der Waals surface area contributed by atoms with Crippen LogP contribution in [0, 0.1) is 24.1 Å². The quantitative estimate of drug-likeness (QED) is 0.270. The Morgan fingerprint density at radius 3 is 2.62 bits per heavy atom. The first kappa shape index (κ1) is 22.2. The Kier molecular flexibility index (Phi) is 5.24. The summed E-state index contributed by atoms with van der Waals surface area (Å²) in [4.78, 5) is 20.7. The van der Waals surface area contributed by atoms with Crippen molar-refractivity contribution in [2.45, 2.75) is 6.92 Å². The zero-order valence-electron chi connectivity index (χ0n) is 19.5. The van der Waals surface area contributed by atoms with E-state index in [0.29, 0.717) is 39.2 Å². The van der Waals surface area contributed by atoms with E-state index in [1.165, 1.54) is 18.5 Å². The highest BCUT2D eigenvalue weighted by atomic mass is 19.1. The van der Waals surface area contributed by atoms with E-state index < -0.39 is 11.4 Å². The van der Waals surface area contributed by atoms with Crippen LogP contribution < -0.4 is 10.4 Å². The molecule has 0 saturated carbocycles. The maximum Gasteiger partial charge on any atom is 0.336 e. The lowest BCUT2D eigenvalue weighted by molar-refractivity contribution is 0.466. The van der Waals surface area contributed by atoms with E-state index in [1.807, 2.05) is 25.1 Å². The van der Waals surface area contributed by atoms with Gasteiger partial charge in [0.1, 0.15) is 23.5 Å². The van der Waals surface area contributed by atoms with Crippen LogP contribution in [0.3, 0.4) is 0 Å². The van der Waals surface area contributed by atoms with Gasteiger partial charge in [-0.15, -0.1) is 0 Å². The molecular weight excluding hydrogens is 471 g/mol. The number of rotatable bonds is 4. The number of ether oxygens (including phenoxy) is 1. The minimum Gasteiger partial charge on any atom is -0.438 e. The molecule has 0 unspecified atom stereocenters. The van der Waals surface area contributed by atoms with Gasteiger partial charge in [-0.1, -0.05) is 24.3 Å². The van der Waals surface area contributed by atoms with Gasteiger partial charge < -0.3 is 9.15 Å². The Bertz CT molecular complexity index is 1920. The smallest absolute Gasteiger partial charge is 0.336 e. The van der Waals surface area contributed by atoms with Crippen molar-refractivity contribution in [1.82, 2.24) is 14.5 Å². The molecule has 8 heteroatoms. The molecule has 0 fully saturated rings. The van der Waals surface area contributed by atoms with Crippen LogP contribution in [0.1, 0.15) is 11.1 Å². The monoisotopic (exact) mass is 488 g/mol. The fraction of sp³-hybridized carbons (Fsp3) is 0.0345. The predicted molar refractivity (Wildman–Crippen MR) is 136 cm³/mol. The zero-order valence-corrected chi connectivity index (χ0v) is 19.5. The maximum absolute atomic E-state index is 14.8. The molecule has 0 saturated heterocycles. The van der Waals surface area contributed by atoms with Crippen molar-refractivity contribution in [3.05, 3.63) is 113 Å². The highest BCUT2D eigenvalue weighted by molar-refractivity contribution is 5.98. The topological polar surface area (TPSA) is 93.9 Å². The number of aryl methyl sites for hydroxylation is 1. The lowest BCUT2D eigenvalue weighted by Gasteiger charge is -2.09. The molecule has 3 aromatic carbocycles. The van der Waals surface area contributed by atoms with Crippen LogP contribution in [0.4, 0.5) is 4.39 Å². The summed E-state index contributed by atoms with van der Waals surface area (Å²) in [6.45, 7) is 1.84. The molecule has 0 aliphatic heterocycles. The Labute approximate surface area is 209 Å². The summed E-state index contributed by atoms with van der Waals surface area (Å²) in [5.74, 6) is 0.242. The number of para-hydroxylation sites is 1. The number of hydrogen-bond donors (Lipinski definition) is 0. The van der Waals surface area contributed by atoms with Crippen LogP contribution in [-0.4, -0.2) is 14.5 Å². The van der Waals surface area contributed by atoms with E-state index >= 15 is 0 Å². The van der Waals surface area contributed by atoms with Gasteiger partial charge in [0, 0.05) is 29.3 Å². The second-order valence-corrected chi connectivity index (χ2v) is 8.44. The second kappa shape index (κ2) is 8.73. The van der Waals surface area contributed by atoms with Gasteiger partial charge in [-0.25, -0.2) is 19.2 Å². The molecule has 3 heterocycles. The van der Waals surface area contributed by atoms with E-state index in [2.05, 4.69) is 16.0 Å². The molecule has 0 bridgehead atoms. The van der Waals surface area contributed by atoms with Crippen LogP contribution >= 0.6 is 0 Å². The van der Waals surface area contributed by atoms with E-state index in [9.17, 15) is 14.4 Å². The molecule has 0 aliphatic rings. The van der Waals surface area contributed by atoms with Gasteiger partial charge in [0.25, 0.3) is 0 Å². The fourth-order valence-corrected chi connectivity index (χ4v) is 4.37. The highest BCUT2D eigenvalue weighted by Gasteiger charge is 2.20. The standard InChI is InChI=1S/C29H17FN4O3/c1-17-12-26(35)37-25-13-20(10-11-21(17)25)36-29-27-22(19-8-6-18(14-31)7-9-19)15-34(28(27)32-16-33-29)24-5-3-2-4-23(24)30/h2-13,15-16H,1H3. The number of hydrogen-bond acceptors (Lipinski definition) is 6. The first-order valence-corrected chi connectivity index (χ1v) is 11.4. The average molecular weight is 488 g/mol. The minimum absolute atomic E-state index is 0.244. The van der Waals surface area contributed by atoms with Crippen LogP contribution in [0.25, 0.3) is 38.8 Å². The van der Waals surface area contributed by atoms with E-state index in [4.69, 9.17) is 9.15 Å². The molecule has 7 nitrogen and oxygen atoms in total. The SMILES string of the molecule is Cc1cc(=O)oc2cc(Oc3ncnc4c3c(-c3ccc(C#N)cc3)cn4-c3ccccc3F)ccc12. The summed E-state index contributed by atoms with van der Waals surface area (Å²) in [6.07, 6.45) is 3.12. The Morgan fingerprint density at radius 2 is 1.84 bits per heavy atom. The summed E-state index contributed by atoms with van der Waals surface area (Å²) in [5.41, 5.74) is 3.49. The second-order valence-electron chi connectivity index (χ2n) is 8.44.